The van der Waals surface area contributed by atoms with Crippen LogP contribution in [-0.2, 0) is 15.3 Å². The van der Waals surface area contributed by atoms with Gasteiger partial charge >= 0.3 is 0 Å². The number of benzene rings is 1. The van der Waals surface area contributed by atoms with Crippen LogP contribution in [-0.4, -0.2) is 32.6 Å². The van der Waals surface area contributed by atoms with Gasteiger partial charge in [0.25, 0.3) is 0 Å². The predicted molar refractivity (Wildman–Crippen MR) is 71.4 cm³/mol. The van der Waals surface area contributed by atoms with Crippen molar-refractivity contribution in [3.63, 3.8) is 0 Å². The lowest BCUT2D eigenvalue weighted by molar-refractivity contribution is 0.218. The van der Waals surface area contributed by atoms with Gasteiger partial charge < -0.3 is 5.11 Å². The summed E-state index contributed by atoms with van der Waals surface area (Å²) < 4.78 is 37.3. The molecule has 0 saturated carbocycles. The summed E-state index contributed by atoms with van der Waals surface area (Å²) in [7, 11) is -3.50. The van der Waals surface area contributed by atoms with Crippen molar-refractivity contribution in [2.45, 2.75) is 29.1 Å². The van der Waals surface area contributed by atoms with E-state index in [0.29, 0.717) is 5.56 Å². The third kappa shape index (κ3) is 3.05. The Balaban J connectivity index is 3.60. The first kappa shape index (κ1) is 15.5. The number of hydrogen-bond donors (Lipinski definition) is 1. The van der Waals surface area contributed by atoms with Crippen molar-refractivity contribution in [2.24, 2.45) is 0 Å². The normalized spacial score (nSPS) is 12.8. The molecule has 0 aliphatic rings. The Kier molecular flexibility index (Phi) is 4.46. The second-order valence-corrected chi connectivity index (χ2v) is 7.60. The first-order valence-electron chi connectivity index (χ1n) is 5.32. The fourth-order valence-electron chi connectivity index (χ4n) is 1.52. The molecule has 0 aromatic heterocycles. The highest BCUT2D eigenvalue weighted by Gasteiger charge is 2.25. The van der Waals surface area contributed by atoms with Gasteiger partial charge in [-0.15, -0.1) is 11.8 Å². The van der Waals surface area contributed by atoms with E-state index in [4.69, 9.17) is 0 Å². The molecule has 18 heavy (non-hydrogen) atoms. The molecule has 102 valence electrons. The fraction of sp³-hybridized carbons (Fsp3) is 0.500. The van der Waals surface area contributed by atoms with Gasteiger partial charge in [0.15, 0.2) is 9.84 Å². The number of rotatable bonds is 4. The van der Waals surface area contributed by atoms with Crippen LogP contribution in [0.25, 0.3) is 0 Å². The quantitative estimate of drug-likeness (QED) is 0.865. The Bertz CT molecular complexity index is 551. The summed E-state index contributed by atoms with van der Waals surface area (Å²) in [5.41, 5.74) is -0.210. The minimum atomic E-state index is -3.50. The molecule has 0 unspecified atom stereocenters. The topological polar surface area (TPSA) is 54.4 Å². The van der Waals surface area contributed by atoms with E-state index in [0.717, 1.165) is 18.0 Å². The lowest BCUT2D eigenvalue weighted by atomic mass is 9.85. The van der Waals surface area contributed by atoms with Gasteiger partial charge in [-0.3, -0.25) is 0 Å². The Morgan fingerprint density at radius 1 is 1.39 bits per heavy atom. The summed E-state index contributed by atoms with van der Waals surface area (Å²) in [5.74, 6) is -0.568. The Morgan fingerprint density at radius 3 is 2.33 bits per heavy atom. The Labute approximate surface area is 111 Å². The molecular weight excluding hydrogens is 275 g/mol. The molecule has 1 aromatic rings. The molecule has 1 aromatic carbocycles. The van der Waals surface area contributed by atoms with Crippen molar-refractivity contribution in [2.75, 3.05) is 19.1 Å². The van der Waals surface area contributed by atoms with E-state index in [1.54, 1.807) is 20.1 Å². The minimum absolute atomic E-state index is 0.0217. The number of sulfone groups is 1. The average molecular weight is 292 g/mol. The van der Waals surface area contributed by atoms with E-state index in [-0.39, 0.29) is 16.4 Å². The number of aliphatic hydroxyl groups is 1. The highest BCUT2D eigenvalue weighted by atomic mass is 32.2. The molecule has 0 radical (unpaired) electrons. The SMILES string of the molecule is CSc1c(F)cc(C(C)(C)CO)cc1S(C)(=O)=O. The van der Waals surface area contributed by atoms with Crippen LogP contribution in [0.1, 0.15) is 19.4 Å². The lowest BCUT2D eigenvalue weighted by Gasteiger charge is -2.23. The van der Waals surface area contributed by atoms with Crippen LogP contribution in [0.5, 0.6) is 0 Å². The van der Waals surface area contributed by atoms with E-state index >= 15 is 0 Å². The first-order valence-corrected chi connectivity index (χ1v) is 8.44. The molecule has 0 atom stereocenters. The smallest absolute Gasteiger partial charge is 0.176 e. The second-order valence-electron chi connectivity index (χ2n) is 4.80. The lowest BCUT2D eigenvalue weighted by Crippen LogP contribution is -2.23. The molecule has 1 rings (SSSR count). The summed E-state index contributed by atoms with van der Waals surface area (Å²) in [6, 6.07) is 2.73. The van der Waals surface area contributed by atoms with Gasteiger partial charge in [0.1, 0.15) is 5.82 Å². The van der Waals surface area contributed by atoms with Gasteiger partial charge in [-0.05, 0) is 24.0 Å². The number of hydrogen-bond acceptors (Lipinski definition) is 4. The maximum atomic E-state index is 13.9. The summed E-state index contributed by atoms with van der Waals surface area (Å²) in [4.78, 5) is 0.0986. The standard InChI is InChI=1S/C12H17FO3S2/c1-12(2,7-14)8-5-9(13)11(17-3)10(6-8)18(4,15)16/h5-6,14H,7H2,1-4H3. The number of aliphatic hydroxyl groups excluding tert-OH is 1. The van der Waals surface area contributed by atoms with Crippen LogP contribution in [0.3, 0.4) is 0 Å². The second kappa shape index (κ2) is 5.19. The summed E-state index contributed by atoms with van der Waals surface area (Å²) in [6.45, 7) is 3.27. The van der Waals surface area contributed by atoms with Crippen LogP contribution in [0.15, 0.2) is 21.9 Å². The molecule has 6 heteroatoms. The van der Waals surface area contributed by atoms with Gasteiger partial charge in [0, 0.05) is 11.7 Å². The maximum Gasteiger partial charge on any atom is 0.176 e. The molecule has 0 aliphatic carbocycles. The number of halogens is 1. The van der Waals surface area contributed by atoms with Crippen molar-refractivity contribution < 1.29 is 17.9 Å². The Hall–Kier alpha value is -0.590. The molecule has 0 fully saturated rings. The van der Waals surface area contributed by atoms with Crippen LogP contribution in [0.4, 0.5) is 4.39 Å². The molecule has 0 amide bonds. The highest BCUT2D eigenvalue weighted by molar-refractivity contribution is 7.99. The van der Waals surface area contributed by atoms with E-state index < -0.39 is 21.1 Å². The summed E-state index contributed by atoms with van der Waals surface area (Å²) >= 11 is 1.06. The predicted octanol–water partition coefficient (Wildman–Crippen LogP) is 2.22. The largest absolute Gasteiger partial charge is 0.395 e. The van der Waals surface area contributed by atoms with E-state index in [2.05, 4.69) is 0 Å². The van der Waals surface area contributed by atoms with Crippen molar-refractivity contribution in [1.82, 2.24) is 0 Å². The van der Waals surface area contributed by atoms with Crippen molar-refractivity contribution >= 4 is 21.6 Å². The molecular formula is C12H17FO3S2. The molecule has 0 spiro atoms. The van der Waals surface area contributed by atoms with Gasteiger partial charge in [0.05, 0.1) is 16.4 Å². The van der Waals surface area contributed by atoms with Gasteiger partial charge in [-0.2, -0.15) is 0 Å². The molecule has 0 aliphatic heterocycles. The third-order valence-electron chi connectivity index (χ3n) is 2.79. The van der Waals surface area contributed by atoms with Crippen LogP contribution in [0.2, 0.25) is 0 Å². The third-order valence-corrected chi connectivity index (χ3v) is 4.86. The molecule has 0 saturated heterocycles. The van der Waals surface area contributed by atoms with Gasteiger partial charge in [-0.1, -0.05) is 13.8 Å². The zero-order chi connectivity index (χ0) is 14.1. The monoisotopic (exact) mass is 292 g/mol. The van der Waals surface area contributed by atoms with E-state index in [9.17, 15) is 17.9 Å². The van der Waals surface area contributed by atoms with Gasteiger partial charge in [0.2, 0.25) is 0 Å². The molecule has 0 heterocycles. The van der Waals surface area contributed by atoms with E-state index in [1.807, 2.05) is 0 Å². The molecule has 3 nitrogen and oxygen atoms in total. The van der Waals surface area contributed by atoms with Crippen LogP contribution in [0, 0.1) is 5.82 Å². The van der Waals surface area contributed by atoms with Crippen molar-refractivity contribution in [3.8, 4) is 0 Å². The first-order chi connectivity index (χ1) is 8.13. The maximum absolute atomic E-state index is 13.9. The zero-order valence-corrected chi connectivity index (χ0v) is 12.5. The number of thioether (sulfide) groups is 1. The van der Waals surface area contributed by atoms with Gasteiger partial charge in [-0.25, -0.2) is 12.8 Å². The zero-order valence-electron chi connectivity index (χ0n) is 10.8. The molecule has 0 bridgehead atoms. The van der Waals surface area contributed by atoms with E-state index in [1.165, 1.54) is 12.1 Å². The minimum Gasteiger partial charge on any atom is -0.395 e. The fourth-order valence-corrected chi connectivity index (χ4v) is 3.52. The van der Waals surface area contributed by atoms with Crippen molar-refractivity contribution in [1.29, 1.82) is 0 Å². The summed E-state index contributed by atoms with van der Waals surface area (Å²) in [5, 5.41) is 9.28. The average Bonchev–Trinajstić information content (AvgIpc) is 2.26. The summed E-state index contributed by atoms with van der Waals surface area (Å²) in [6.07, 6.45) is 2.68. The van der Waals surface area contributed by atoms with Crippen LogP contribution < -0.4 is 0 Å². The van der Waals surface area contributed by atoms with Crippen molar-refractivity contribution in [3.05, 3.63) is 23.5 Å². The Morgan fingerprint density at radius 2 is 1.94 bits per heavy atom. The highest BCUT2D eigenvalue weighted by Crippen LogP contribution is 2.33. The molecule has 1 N–H and O–H groups in total. The van der Waals surface area contributed by atoms with Crippen LogP contribution >= 0.6 is 11.8 Å².